The van der Waals surface area contributed by atoms with Gasteiger partial charge in [0.25, 0.3) is 11.8 Å². The van der Waals surface area contributed by atoms with E-state index < -0.39 is 12.1 Å². The molecule has 2 aromatic carbocycles. The number of hydrogen-bond acceptors (Lipinski definition) is 6. The highest BCUT2D eigenvalue weighted by molar-refractivity contribution is 6.00. The van der Waals surface area contributed by atoms with Gasteiger partial charge in [-0.05, 0) is 61.1 Å². The van der Waals surface area contributed by atoms with E-state index in [0.717, 1.165) is 30.4 Å². The number of imidazole rings is 1. The topological polar surface area (TPSA) is 123 Å². The van der Waals surface area contributed by atoms with E-state index in [2.05, 4.69) is 40.7 Å². The number of aliphatic hydroxyl groups is 1. The Balaban J connectivity index is 1.80. The van der Waals surface area contributed by atoms with Gasteiger partial charge in [-0.25, -0.2) is 4.98 Å². The molecule has 224 valence electrons. The number of benzene rings is 2. The number of carbonyl (C=O) groups is 2. The number of aromatic nitrogens is 2. The zero-order chi connectivity index (χ0) is 30.5. The van der Waals surface area contributed by atoms with E-state index in [1.807, 2.05) is 37.8 Å². The molecule has 2 amide bonds. The van der Waals surface area contributed by atoms with Crippen LogP contribution in [0.1, 0.15) is 76.7 Å². The lowest BCUT2D eigenvalue weighted by atomic mass is 10.0. The fraction of sp³-hybridized carbons (Fsp3) is 0.455. The summed E-state index contributed by atoms with van der Waals surface area (Å²) in [6.07, 6.45) is 5.09. The quantitative estimate of drug-likeness (QED) is 0.238. The summed E-state index contributed by atoms with van der Waals surface area (Å²) in [5, 5.41) is 26.8. The number of aliphatic hydroxyl groups excluding tert-OH is 1. The van der Waals surface area contributed by atoms with Crippen molar-refractivity contribution in [2.24, 2.45) is 0 Å². The van der Waals surface area contributed by atoms with Gasteiger partial charge >= 0.3 is 0 Å². The molecule has 0 spiro atoms. The molecule has 42 heavy (non-hydrogen) atoms. The van der Waals surface area contributed by atoms with Crippen molar-refractivity contribution in [2.75, 3.05) is 19.6 Å². The highest BCUT2D eigenvalue weighted by Crippen LogP contribution is 2.15. The van der Waals surface area contributed by atoms with Crippen molar-refractivity contribution >= 4 is 11.8 Å². The van der Waals surface area contributed by atoms with Gasteiger partial charge in [-0.1, -0.05) is 45.0 Å². The standard InChI is InChI=1S/C33H44N6O3/c1-5-13-38(14-6-2)33(42)28-16-24(4)15-27(18-28)32(41)37-30(22-39-23-36-20-29(39)11-12-34)31(40)21-35-19-26-10-8-9-25(7-3)17-26/h8-10,15-18,20,23,30-31,35,40H,5-7,11,13-14,19,21-22H2,1-4H3,(H,37,41)/t30-,31+/m0/s1. The van der Waals surface area contributed by atoms with E-state index in [-0.39, 0.29) is 31.3 Å². The van der Waals surface area contributed by atoms with Crippen molar-refractivity contribution in [1.82, 2.24) is 25.1 Å². The summed E-state index contributed by atoms with van der Waals surface area (Å²) in [4.78, 5) is 32.8. The van der Waals surface area contributed by atoms with Crippen LogP contribution >= 0.6 is 0 Å². The van der Waals surface area contributed by atoms with E-state index in [1.54, 1.807) is 35.3 Å². The van der Waals surface area contributed by atoms with Gasteiger partial charge < -0.3 is 25.2 Å². The van der Waals surface area contributed by atoms with Crippen LogP contribution in [-0.4, -0.2) is 63.2 Å². The molecule has 0 unspecified atom stereocenters. The minimum Gasteiger partial charge on any atom is -0.390 e. The molecule has 0 radical (unpaired) electrons. The second kappa shape index (κ2) is 16.4. The molecule has 0 aliphatic carbocycles. The van der Waals surface area contributed by atoms with Gasteiger partial charge in [0, 0.05) is 50.0 Å². The number of nitrogens with zero attached hydrogens (tertiary/aromatic N) is 4. The predicted molar refractivity (Wildman–Crippen MR) is 164 cm³/mol. The largest absolute Gasteiger partial charge is 0.390 e. The Morgan fingerprint density at radius 2 is 1.79 bits per heavy atom. The molecule has 3 aromatic rings. The Morgan fingerprint density at radius 1 is 1.07 bits per heavy atom. The summed E-state index contributed by atoms with van der Waals surface area (Å²) < 4.78 is 1.78. The number of carbonyl (C=O) groups excluding carboxylic acids is 2. The van der Waals surface area contributed by atoms with Crippen molar-refractivity contribution in [3.05, 3.63) is 88.5 Å². The molecule has 1 heterocycles. The van der Waals surface area contributed by atoms with Gasteiger partial charge in [-0.15, -0.1) is 0 Å². The van der Waals surface area contributed by atoms with Crippen molar-refractivity contribution in [3.8, 4) is 6.07 Å². The van der Waals surface area contributed by atoms with Gasteiger partial charge in [0.2, 0.25) is 0 Å². The third-order valence-corrected chi connectivity index (χ3v) is 7.18. The molecule has 9 heteroatoms. The second-order valence-electron chi connectivity index (χ2n) is 10.7. The Labute approximate surface area is 249 Å². The van der Waals surface area contributed by atoms with Gasteiger partial charge in [0.05, 0.1) is 36.7 Å². The molecule has 0 saturated heterocycles. The van der Waals surface area contributed by atoms with Crippen molar-refractivity contribution in [2.45, 2.75) is 78.6 Å². The highest BCUT2D eigenvalue weighted by atomic mass is 16.3. The van der Waals surface area contributed by atoms with Crippen LogP contribution in [0.2, 0.25) is 0 Å². The smallest absolute Gasteiger partial charge is 0.253 e. The lowest BCUT2D eigenvalue weighted by Crippen LogP contribution is -2.49. The Bertz CT molecular complexity index is 1360. The van der Waals surface area contributed by atoms with Crippen LogP contribution in [0.3, 0.4) is 0 Å². The minimum absolute atomic E-state index is 0.0936. The number of rotatable bonds is 16. The number of nitriles is 1. The van der Waals surface area contributed by atoms with Gasteiger partial charge in [0.15, 0.2) is 0 Å². The third kappa shape index (κ3) is 9.26. The van der Waals surface area contributed by atoms with Crippen LogP contribution in [0.4, 0.5) is 0 Å². The summed E-state index contributed by atoms with van der Waals surface area (Å²) in [5.74, 6) is -0.476. The number of hydrogen-bond donors (Lipinski definition) is 3. The Hall–Kier alpha value is -4.00. The Kier molecular flexibility index (Phi) is 12.7. The van der Waals surface area contributed by atoms with Crippen molar-refractivity contribution in [1.29, 1.82) is 5.26 Å². The first-order valence-corrected chi connectivity index (χ1v) is 14.8. The lowest BCUT2D eigenvalue weighted by molar-refractivity contribution is 0.0755. The fourth-order valence-electron chi connectivity index (χ4n) is 5.01. The summed E-state index contributed by atoms with van der Waals surface area (Å²) >= 11 is 0. The van der Waals surface area contributed by atoms with E-state index in [1.165, 1.54) is 5.56 Å². The average Bonchev–Trinajstić information content (AvgIpc) is 3.42. The molecule has 9 nitrogen and oxygen atoms in total. The zero-order valence-corrected chi connectivity index (χ0v) is 25.3. The second-order valence-corrected chi connectivity index (χ2v) is 10.7. The first kappa shape index (κ1) is 32.5. The molecule has 0 saturated carbocycles. The first-order valence-electron chi connectivity index (χ1n) is 14.8. The molecule has 1 aromatic heterocycles. The third-order valence-electron chi connectivity index (χ3n) is 7.18. The average molecular weight is 573 g/mol. The summed E-state index contributed by atoms with van der Waals surface area (Å²) in [6.45, 7) is 10.4. The minimum atomic E-state index is -0.934. The van der Waals surface area contributed by atoms with Crippen molar-refractivity contribution in [3.63, 3.8) is 0 Å². The number of amides is 2. The molecule has 0 bridgehead atoms. The van der Waals surface area contributed by atoms with Gasteiger partial charge in [-0.2, -0.15) is 5.26 Å². The van der Waals surface area contributed by atoms with Crippen molar-refractivity contribution < 1.29 is 14.7 Å². The maximum atomic E-state index is 13.6. The summed E-state index contributed by atoms with van der Waals surface area (Å²) in [7, 11) is 0. The molecule has 3 N–H and O–H groups in total. The maximum absolute atomic E-state index is 13.6. The Morgan fingerprint density at radius 3 is 2.48 bits per heavy atom. The molecule has 0 aliphatic heterocycles. The number of nitrogens with one attached hydrogen (secondary N) is 2. The molecule has 2 atom stereocenters. The van der Waals surface area contributed by atoms with E-state index in [9.17, 15) is 20.0 Å². The predicted octanol–water partition coefficient (Wildman–Crippen LogP) is 4.03. The number of aryl methyl sites for hydroxylation is 2. The van der Waals surface area contributed by atoms with E-state index in [4.69, 9.17) is 0 Å². The van der Waals surface area contributed by atoms with Crippen LogP contribution in [-0.2, 0) is 25.9 Å². The summed E-state index contributed by atoms with van der Waals surface area (Å²) in [6, 6.07) is 14.9. The first-order chi connectivity index (χ1) is 20.3. The molecular weight excluding hydrogens is 528 g/mol. The zero-order valence-electron chi connectivity index (χ0n) is 25.3. The molecule has 0 fully saturated rings. The molecule has 3 rings (SSSR count). The van der Waals surface area contributed by atoms with Crippen LogP contribution in [0.25, 0.3) is 0 Å². The van der Waals surface area contributed by atoms with E-state index >= 15 is 0 Å². The SMILES string of the molecule is CCCN(CCC)C(=O)c1cc(C)cc(C(=O)N[C@@H](Cn2cncc2CC#N)[C@H](O)CNCc2cccc(CC)c2)c1. The fourth-order valence-corrected chi connectivity index (χ4v) is 5.01. The molecular formula is C33H44N6O3. The molecule has 0 aliphatic rings. The highest BCUT2D eigenvalue weighted by Gasteiger charge is 2.24. The van der Waals surface area contributed by atoms with Crippen LogP contribution in [0, 0.1) is 18.3 Å². The normalized spacial score (nSPS) is 12.4. The van der Waals surface area contributed by atoms with Gasteiger partial charge in [0.1, 0.15) is 0 Å². The van der Waals surface area contributed by atoms with Gasteiger partial charge in [-0.3, -0.25) is 9.59 Å². The van der Waals surface area contributed by atoms with Crippen LogP contribution < -0.4 is 10.6 Å². The van der Waals surface area contributed by atoms with E-state index in [0.29, 0.717) is 36.5 Å². The van der Waals surface area contributed by atoms with Crippen LogP contribution in [0.15, 0.2) is 55.0 Å². The maximum Gasteiger partial charge on any atom is 0.253 e. The summed E-state index contributed by atoms with van der Waals surface area (Å²) in [5.41, 5.74) is 4.69. The monoisotopic (exact) mass is 572 g/mol. The van der Waals surface area contributed by atoms with Crippen LogP contribution in [0.5, 0.6) is 0 Å². The lowest BCUT2D eigenvalue weighted by Gasteiger charge is -2.26.